The highest BCUT2D eigenvalue weighted by atomic mass is 32.1. The third-order valence-corrected chi connectivity index (χ3v) is 9.27. The number of carbonyl (C=O) groups excluding carboxylic acids is 1. The van der Waals surface area contributed by atoms with Gasteiger partial charge >= 0.3 is 12.1 Å². The summed E-state index contributed by atoms with van der Waals surface area (Å²) in [5.74, 6) is -0.279. The van der Waals surface area contributed by atoms with Crippen LogP contribution in [0.4, 0.5) is 10.6 Å². The summed E-state index contributed by atoms with van der Waals surface area (Å²) in [6.45, 7) is 1.83. The average Bonchev–Trinajstić information content (AvgIpc) is 3.34. The highest BCUT2D eigenvalue weighted by Gasteiger charge is 2.51. The lowest BCUT2D eigenvalue weighted by Gasteiger charge is -2.14. The number of anilines is 1. The Hall–Kier alpha value is -4.02. The minimum atomic E-state index is -0.744. The number of aliphatic carboxylic acids is 1. The lowest BCUT2D eigenvalue weighted by atomic mass is 9.95. The predicted octanol–water partition coefficient (Wildman–Crippen LogP) is 6.85. The van der Waals surface area contributed by atoms with Crippen molar-refractivity contribution < 1.29 is 19.4 Å². The molecule has 0 aliphatic heterocycles. The van der Waals surface area contributed by atoms with Crippen LogP contribution in [0.15, 0.2) is 66.7 Å². The second kappa shape index (κ2) is 9.38. The maximum absolute atomic E-state index is 12.7. The summed E-state index contributed by atoms with van der Waals surface area (Å²) in [4.78, 5) is 26.3. The summed E-state index contributed by atoms with van der Waals surface area (Å²) >= 11 is 3.24. The second-order valence-electron chi connectivity index (χ2n) is 9.41. The van der Waals surface area contributed by atoms with Gasteiger partial charge in [-0.15, -0.1) is 27.8 Å². The number of hydrogen-bond donors (Lipinski definition) is 2. The van der Waals surface area contributed by atoms with Gasteiger partial charge in [0.05, 0.1) is 10.3 Å². The Balaban J connectivity index is 1.20. The van der Waals surface area contributed by atoms with Crippen molar-refractivity contribution in [3.8, 4) is 21.0 Å². The summed E-state index contributed by atoms with van der Waals surface area (Å²) in [6.07, 6.45) is 0.414. The molecule has 3 heterocycles. The van der Waals surface area contributed by atoms with Gasteiger partial charge in [0.25, 0.3) is 0 Å². The number of fused-ring (bicyclic) bond motifs is 1. The predicted molar refractivity (Wildman–Crippen MR) is 149 cm³/mol. The van der Waals surface area contributed by atoms with Gasteiger partial charge in [-0.25, -0.2) is 9.48 Å². The molecule has 5 aromatic rings. The van der Waals surface area contributed by atoms with E-state index < -0.39 is 23.6 Å². The molecule has 8 nitrogen and oxygen atoms in total. The van der Waals surface area contributed by atoms with Crippen LogP contribution in [0.5, 0.6) is 0 Å². The van der Waals surface area contributed by atoms with Gasteiger partial charge in [-0.05, 0) is 48.6 Å². The Morgan fingerprint density at radius 3 is 2.34 bits per heavy atom. The summed E-state index contributed by atoms with van der Waals surface area (Å²) < 4.78 is 9.29. The summed E-state index contributed by atoms with van der Waals surface area (Å²) in [6, 6.07) is 21.6. The molecular weight excluding hydrogens is 520 g/mol. The molecule has 0 saturated heterocycles. The van der Waals surface area contributed by atoms with E-state index in [-0.39, 0.29) is 0 Å². The molecule has 192 valence electrons. The van der Waals surface area contributed by atoms with Gasteiger partial charge in [-0.2, -0.15) is 0 Å². The Bertz CT molecular complexity index is 1620. The first-order chi connectivity index (χ1) is 18.3. The molecule has 1 aliphatic rings. The standard InChI is InChI=1S/C28H24N4O4S2/c1-16(17-6-4-3-5-7-17)36-27(35)29-25-24(30-31-32(25)2)23-15-22-21(38-23)14-20(37-22)18-8-10-19(11-9-18)28(12-13-28)26(33)34/h3-11,14-16H,12-13H2,1-2H3,(H,29,35)(H,33,34). The molecule has 0 spiro atoms. The molecule has 1 aliphatic carbocycles. The van der Waals surface area contributed by atoms with Crippen molar-refractivity contribution >= 4 is 50.0 Å². The van der Waals surface area contributed by atoms with Gasteiger partial charge in [0, 0.05) is 21.3 Å². The number of nitrogens with one attached hydrogen (secondary N) is 1. The van der Waals surface area contributed by atoms with Crippen LogP contribution in [0.25, 0.3) is 30.4 Å². The monoisotopic (exact) mass is 544 g/mol. The molecule has 0 radical (unpaired) electrons. The van der Waals surface area contributed by atoms with Crippen LogP contribution in [-0.2, 0) is 22.0 Å². The molecule has 6 rings (SSSR count). The molecule has 1 amide bonds. The quantitative estimate of drug-likeness (QED) is 0.232. The van der Waals surface area contributed by atoms with Crippen molar-refractivity contribution in [2.24, 2.45) is 7.05 Å². The van der Waals surface area contributed by atoms with Crippen LogP contribution in [-0.4, -0.2) is 32.2 Å². The Kier molecular flexibility index (Phi) is 6.00. The fourth-order valence-corrected chi connectivity index (χ4v) is 6.93. The van der Waals surface area contributed by atoms with E-state index in [1.54, 1.807) is 29.7 Å². The third kappa shape index (κ3) is 4.35. The Labute approximate surface area is 226 Å². The van der Waals surface area contributed by atoms with Crippen molar-refractivity contribution in [3.05, 3.63) is 77.9 Å². The molecule has 1 atom stereocenters. The van der Waals surface area contributed by atoms with Crippen LogP contribution in [0.3, 0.4) is 0 Å². The van der Waals surface area contributed by atoms with E-state index in [9.17, 15) is 14.7 Å². The van der Waals surface area contributed by atoms with Gasteiger partial charge in [0.2, 0.25) is 0 Å². The van der Waals surface area contributed by atoms with Gasteiger partial charge < -0.3 is 9.84 Å². The smallest absolute Gasteiger partial charge is 0.413 e. The number of rotatable bonds is 7. The lowest BCUT2D eigenvalue weighted by Crippen LogP contribution is -2.19. The number of carboxylic acids is 1. The zero-order valence-electron chi connectivity index (χ0n) is 20.7. The number of hydrogen-bond acceptors (Lipinski definition) is 7. The van der Waals surface area contributed by atoms with E-state index in [2.05, 4.69) is 27.8 Å². The van der Waals surface area contributed by atoms with Crippen molar-refractivity contribution in [1.82, 2.24) is 15.0 Å². The zero-order chi connectivity index (χ0) is 26.4. The van der Waals surface area contributed by atoms with E-state index in [4.69, 9.17) is 4.74 Å². The molecule has 1 saturated carbocycles. The maximum Gasteiger partial charge on any atom is 0.413 e. The number of nitrogens with zero attached hydrogens (tertiary/aromatic N) is 3. The van der Waals surface area contributed by atoms with E-state index >= 15 is 0 Å². The molecule has 2 aromatic carbocycles. The molecule has 2 N–H and O–H groups in total. The van der Waals surface area contributed by atoms with Crippen LogP contribution >= 0.6 is 22.7 Å². The number of carbonyl (C=O) groups is 2. The minimum Gasteiger partial charge on any atom is -0.481 e. The molecule has 38 heavy (non-hydrogen) atoms. The molecule has 3 aromatic heterocycles. The number of thiophene rings is 2. The normalized spacial score (nSPS) is 14.8. The van der Waals surface area contributed by atoms with Crippen LogP contribution in [0.2, 0.25) is 0 Å². The number of benzene rings is 2. The highest BCUT2D eigenvalue weighted by Crippen LogP contribution is 2.49. The molecule has 1 fully saturated rings. The number of aryl methyl sites for hydroxylation is 1. The van der Waals surface area contributed by atoms with Gasteiger partial charge in [0.1, 0.15) is 11.8 Å². The van der Waals surface area contributed by atoms with E-state index in [0.717, 1.165) is 35.8 Å². The molecule has 10 heteroatoms. The summed E-state index contributed by atoms with van der Waals surface area (Å²) in [5, 5.41) is 20.8. The second-order valence-corrected chi connectivity index (χ2v) is 11.6. The number of carboxylic acid groups (broad SMARTS) is 1. The lowest BCUT2D eigenvalue weighted by molar-refractivity contribution is -0.140. The van der Waals surface area contributed by atoms with E-state index in [1.807, 2.05) is 61.5 Å². The number of aromatic nitrogens is 3. The summed E-state index contributed by atoms with van der Waals surface area (Å²) in [5.41, 5.74) is 2.72. The Morgan fingerprint density at radius 2 is 1.68 bits per heavy atom. The average molecular weight is 545 g/mol. The molecular formula is C28H24N4O4S2. The third-order valence-electron chi connectivity index (χ3n) is 6.92. The first-order valence-corrected chi connectivity index (χ1v) is 13.8. The molecule has 0 bridgehead atoms. The molecule has 1 unspecified atom stereocenters. The van der Waals surface area contributed by atoms with Gasteiger partial charge in [0.15, 0.2) is 5.82 Å². The van der Waals surface area contributed by atoms with Crippen LogP contribution in [0, 0.1) is 0 Å². The maximum atomic E-state index is 12.7. The first kappa shape index (κ1) is 24.3. The fourth-order valence-electron chi connectivity index (χ4n) is 4.54. The minimum absolute atomic E-state index is 0.403. The van der Waals surface area contributed by atoms with Crippen molar-refractivity contribution in [1.29, 1.82) is 0 Å². The Morgan fingerprint density at radius 1 is 1.03 bits per heavy atom. The van der Waals surface area contributed by atoms with Crippen LogP contribution < -0.4 is 5.32 Å². The summed E-state index contributed by atoms with van der Waals surface area (Å²) in [7, 11) is 1.72. The van der Waals surface area contributed by atoms with Crippen molar-refractivity contribution in [2.75, 3.05) is 5.32 Å². The zero-order valence-corrected chi connectivity index (χ0v) is 22.3. The fraction of sp³-hybridized carbons (Fsp3) is 0.214. The van der Waals surface area contributed by atoms with Crippen LogP contribution in [0.1, 0.15) is 37.0 Å². The van der Waals surface area contributed by atoms with Gasteiger partial charge in [-0.1, -0.05) is 59.8 Å². The number of amides is 1. The van der Waals surface area contributed by atoms with Gasteiger partial charge in [-0.3, -0.25) is 10.1 Å². The van der Waals surface area contributed by atoms with E-state index in [1.165, 1.54) is 4.68 Å². The number of ether oxygens (including phenoxy) is 1. The first-order valence-electron chi connectivity index (χ1n) is 12.1. The highest BCUT2D eigenvalue weighted by molar-refractivity contribution is 7.31. The topological polar surface area (TPSA) is 106 Å². The van der Waals surface area contributed by atoms with E-state index in [0.29, 0.717) is 24.4 Å². The van der Waals surface area contributed by atoms with Crippen molar-refractivity contribution in [2.45, 2.75) is 31.3 Å². The SMILES string of the molecule is CC(OC(=O)Nc1c(-c2cc3sc(-c4ccc(C5(C(=O)O)CC5)cc4)cc3s2)nnn1C)c1ccccc1. The largest absolute Gasteiger partial charge is 0.481 e. The van der Waals surface area contributed by atoms with Crippen molar-refractivity contribution in [3.63, 3.8) is 0 Å².